The smallest absolute Gasteiger partial charge is 0.335 e. The third-order valence-electron chi connectivity index (χ3n) is 4.93. The van der Waals surface area contributed by atoms with Gasteiger partial charge in [0.2, 0.25) is 5.91 Å². The van der Waals surface area contributed by atoms with Gasteiger partial charge in [-0.2, -0.15) is 0 Å². The van der Waals surface area contributed by atoms with Crippen molar-refractivity contribution in [1.82, 2.24) is 20.1 Å². The van der Waals surface area contributed by atoms with E-state index in [-0.39, 0.29) is 29.2 Å². The standard InChI is InChI=1S/C23H25N5O4S/c1-4-28-20(15(3)24-21(30)18-8-6-5-7-14(18)2)26-27-23(28)33-13-19(29)25-17-11-9-16(10-12-17)22(31)32/h5-12,15H,4,13H2,1-3H3,(H,24,30)(H,25,29)(H,31,32)/t15-/m0/s1. The second-order valence-electron chi connectivity index (χ2n) is 7.31. The summed E-state index contributed by atoms with van der Waals surface area (Å²) in [6, 6.07) is 12.9. The quantitative estimate of drug-likeness (QED) is 0.411. The number of thioether (sulfide) groups is 1. The van der Waals surface area contributed by atoms with Gasteiger partial charge in [0, 0.05) is 17.8 Å². The van der Waals surface area contributed by atoms with E-state index in [9.17, 15) is 14.4 Å². The molecule has 0 fully saturated rings. The van der Waals surface area contributed by atoms with Crippen LogP contribution in [0.1, 0.15) is 52.0 Å². The molecular weight excluding hydrogens is 442 g/mol. The molecule has 10 heteroatoms. The van der Waals surface area contributed by atoms with Crippen molar-refractivity contribution < 1.29 is 19.5 Å². The molecule has 0 unspecified atom stereocenters. The lowest BCUT2D eigenvalue weighted by Gasteiger charge is -2.16. The van der Waals surface area contributed by atoms with Gasteiger partial charge in [-0.05, 0) is 56.7 Å². The molecule has 3 rings (SSSR count). The molecule has 0 saturated heterocycles. The lowest BCUT2D eigenvalue weighted by molar-refractivity contribution is -0.113. The van der Waals surface area contributed by atoms with Crippen LogP contribution in [0.4, 0.5) is 5.69 Å². The Morgan fingerprint density at radius 1 is 1.09 bits per heavy atom. The minimum atomic E-state index is -1.03. The van der Waals surface area contributed by atoms with Gasteiger partial charge in [0.05, 0.1) is 17.4 Å². The van der Waals surface area contributed by atoms with E-state index in [4.69, 9.17) is 5.11 Å². The topological polar surface area (TPSA) is 126 Å². The molecule has 1 aromatic heterocycles. The van der Waals surface area contributed by atoms with E-state index in [1.807, 2.05) is 43.5 Å². The van der Waals surface area contributed by atoms with Gasteiger partial charge in [-0.25, -0.2) is 4.79 Å². The molecule has 2 aromatic carbocycles. The van der Waals surface area contributed by atoms with Crippen molar-refractivity contribution in [2.24, 2.45) is 0 Å². The van der Waals surface area contributed by atoms with Crippen molar-refractivity contribution >= 4 is 35.2 Å². The summed E-state index contributed by atoms with van der Waals surface area (Å²) in [5.41, 5.74) is 2.15. The van der Waals surface area contributed by atoms with Crippen LogP contribution in [0.15, 0.2) is 53.7 Å². The first kappa shape index (κ1) is 24.0. The fourth-order valence-corrected chi connectivity index (χ4v) is 4.02. The van der Waals surface area contributed by atoms with Gasteiger partial charge in [0.1, 0.15) is 0 Å². The number of amides is 2. The Labute approximate surface area is 195 Å². The van der Waals surface area contributed by atoms with Crippen LogP contribution < -0.4 is 10.6 Å². The number of nitrogens with zero attached hydrogens (tertiary/aromatic N) is 3. The molecule has 33 heavy (non-hydrogen) atoms. The van der Waals surface area contributed by atoms with Gasteiger partial charge >= 0.3 is 5.97 Å². The molecule has 0 radical (unpaired) electrons. The van der Waals surface area contributed by atoms with Crippen molar-refractivity contribution in [3.8, 4) is 0 Å². The molecule has 1 heterocycles. The average molecular weight is 468 g/mol. The molecule has 0 aliphatic carbocycles. The molecule has 3 aromatic rings. The first-order valence-corrected chi connectivity index (χ1v) is 11.3. The predicted octanol–water partition coefficient (Wildman–Crippen LogP) is 3.53. The van der Waals surface area contributed by atoms with E-state index in [0.29, 0.717) is 28.8 Å². The minimum absolute atomic E-state index is 0.1000. The number of hydrogen-bond acceptors (Lipinski definition) is 6. The largest absolute Gasteiger partial charge is 0.478 e. The van der Waals surface area contributed by atoms with Crippen molar-refractivity contribution in [2.45, 2.75) is 38.5 Å². The number of carbonyl (C=O) groups excluding carboxylic acids is 2. The highest BCUT2D eigenvalue weighted by molar-refractivity contribution is 7.99. The van der Waals surface area contributed by atoms with Crippen molar-refractivity contribution in [1.29, 1.82) is 0 Å². The van der Waals surface area contributed by atoms with Gasteiger partial charge in [-0.3, -0.25) is 9.59 Å². The number of anilines is 1. The number of carboxylic acids is 1. The predicted molar refractivity (Wildman–Crippen MR) is 126 cm³/mol. The normalized spacial score (nSPS) is 11.6. The Morgan fingerprint density at radius 3 is 2.42 bits per heavy atom. The zero-order valence-electron chi connectivity index (χ0n) is 18.5. The first-order valence-electron chi connectivity index (χ1n) is 10.4. The maximum Gasteiger partial charge on any atom is 0.335 e. The molecule has 3 N–H and O–H groups in total. The molecule has 0 bridgehead atoms. The first-order chi connectivity index (χ1) is 15.8. The second-order valence-corrected chi connectivity index (χ2v) is 8.26. The third kappa shape index (κ3) is 5.98. The summed E-state index contributed by atoms with van der Waals surface area (Å²) in [4.78, 5) is 35.9. The van der Waals surface area contributed by atoms with Crippen LogP contribution in [0.3, 0.4) is 0 Å². The van der Waals surface area contributed by atoms with Crippen molar-refractivity contribution in [3.05, 3.63) is 71.0 Å². The number of rotatable bonds is 9. The Kier molecular flexibility index (Phi) is 7.83. The number of aryl methyl sites for hydroxylation is 1. The number of carboxylic acid groups (broad SMARTS) is 1. The molecule has 1 atom stereocenters. The molecule has 0 spiro atoms. The number of aromatic nitrogens is 3. The number of carbonyl (C=O) groups is 3. The van der Waals surface area contributed by atoms with Crippen LogP contribution in [0, 0.1) is 6.92 Å². The lowest BCUT2D eigenvalue weighted by Crippen LogP contribution is -2.29. The maximum atomic E-state index is 12.6. The SMILES string of the molecule is CCn1c(SCC(=O)Nc2ccc(C(=O)O)cc2)nnc1[C@H](C)NC(=O)c1ccccc1C. The third-order valence-corrected chi connectivity index (χ3v) is 5.90. The summed E-state index contributed by atoms with van der Waals surface area (Å²) in [5, 5.41) is 23.6. The number of nitrogens with one attached hydrogen (secondary N) is 2. The van der Waals surface area contributed by atoms with E-state index in [1.54, 1.807) is 6.07 Å². The Bertz CT molecular complexity index is 1160. The number of aromatic carboxylic acids is 1. The van der Waals surface area contributed by atoms with Gasteiger partial charge in [0.25, 0.3) is 5.91 Å². The van der Waals surface area contributed by atoms with Gasteiger partial charge in [0.15, 0.2) is 11.0 Å². The molecule has 0 aliphatic rings. The van der Waals surface area contributed by atoms with E-state index in [2.05, 4.69) is 20.8 Å². The summed E-state index contributed by atoms with van der Waals surface area (Å²) in [6.07, 6.45) is 0. The fraction of sp³-hybridized carbons (Fsp3) is 0.261. The van der Waals surface area contributed by atoms with Crippen molar-refractivity contribution in [2.75, 3.05) is 11.1 Å². The van der Waals surface area contributed by atoms with E-state index in [0.717, 1.165) is 5.56 Å². The Morgan fingerprint density at radius 2 is 1.79 bits per heavy atom. The minimum Gasteiger partial charge on any atom is -0.478 e. The zero-order valence-corrected chi connectivity index (χ0v) is 19.3. The van der Waals surface area contributed by atoms with Gasteiger partial charge in [-0.1, -0.05) is 30.0 Å². The van der Waals surface area contributed by atoms with Crippen LogP contribution in [0.5, 0.6) is 0 Å². The van der Waals surface area contributed by atoms with E-state index >= 15 is 0 Å². The van der Waals surface area contributed by atoms with Crippen LogP contribution >= 0.6 is 11.8 Å². The monoisotopic (exact) mass is 467 g/mol. The van der Waals surface area contributed by atoms with Gasteiger partial charge in [-0.15, -0.1) is 10.2 Å². The van der Waals surface area contributed by atoms with Gasteiger partial charge < -0.3 is 20.3 Å². The van der Waals surface area contributed by atoms with Crippen molar-refractivity contribution in [3.63, 3.8) is 0 Å². The van der Waals surface area contributed by atoms with Crippen LogP contribution in [0.25, 0.3) is 0 Å². The number of benzene rings is 2. The Hall–Kier alpha value is -3.66. The fourth-order valence-electron chi connectivity index (χ4n) is 3.21. The van der Waals surface area contributed by atoms with Crippen LogP contribution in [-0.2, 0) is 11.3 Å². The lowest BCUT2D eigenvalue weighted by atomic mass is 10.1. The van der Waals surface area contributed by atoms with Crippen LogP contribution in [-0.4, -0.2) is 43.4 Å². The highest BCUT2D eigenvalue weighted by Crippen LogP contribution is 2.21. The molecule has 0 aliphatic heterocycles. The average Bonchev–Trinajstić information content (AvgIpc) is 3.21. The van der Waals surface area contributed by atoms with E-state index < -0.39 is 5.97 Å². The Balaban J connectivity index is 1.61. The molecule has 9 nitrogen and oxygen atoms in total. The summed E-state index contributed by atoms with van der Waals surface area (Å²) >= 11 is 1.23. The maximum absolute atomic E-state index is 12.6. The molecule has 2 amide bonds. The summed E-state index contributed by atoms with van der Waals surface area (Å²) in [6.45, 7) is 6.24. The molecule has 0 saturated carbocycles. The molecule has 172 valence electrons. The zero-order chi connectivity index (χ0) is 24.0. The number of hydrogen-bond donors (Lipinski definition) is 3. The highest BCUT2D eigenvalue weighted by atomic mass is 32.2. The summed E-state index contributed by atoms with van der Waals surface area (Å²) < 4.78 is 1.86. The highest BCUT2D eigenvalue weighted by Gasteiger charge is 2.20. The second kappa shape index (κ2) is 10.8. The molecular formula is C23H25N5O4S. The summed E-state index contributed by atoms with van der Waals surface area (Å²) in [7, 11) is 0. The van der Waals surface area contributed by atoms with Crippen LogP contribution in [0.2, 0.25) is 0 Å². The summed E-state index contributed by atoms with van der Waals surface area (Å²) in [5.74, 6) is -0.762. The van der Waals surface area contributed by atoms with E-state index in [1.165, 1.54) is 36.0 Å².